The SMILES string of the molecule is CC(CNc1ncnc(NN)c1[N+](=O)[O-])C(C)(C)C. The van der Waals surface area contributed by atoms with Gasteiger partial charge in [-0.1, -0.05) is 27.7 Å². The highest BCUT2D eigenvalue weighted by atomic mass is 16.6. The molecule has 0 aliphatic rings. The Balaban J connectivity index is 2.93. The average Bonchev–Trinajstić information content (AvgIpc) is 2.33. The third-order valence-electron chi connectivity index (χ3n) is 3.20. The molecule has 1 unspecified atom stereocenters. The minimum atomic E-state index is -0.556. The Morgan fingerprint density at radius 3 is 2.47 bits per heavy atom. The molecule has 0 amide bonds. The third-order valence-corrected chi connectivity index (χ3v) is 3.20. The van der Waals surface area contributed by atoms with E-state index < -0.39 is 4.92 Å². The number of hydrogen-bond donors (Lipinski definition) is 3. The predicted octanol–water partition coefficient (Wildman–Crippen LogP) is 1.76. The van der Waals surface area contributed by atoms with Crippen LogP contribution in [0.25, 0.3) is 0 Å². The fourth-order valence-corrected chi connectivity index (χ4v) is 1.34. The monoisotopic (exact) mass is 268 g/mol. The molecule has 0 bridgehead atoms. The maximum Gasteiger partial charge on any atom is 0.354 e. The molecule has 0 saturated carbocycles. The second-order valence-corrected chi connectivity index (χ2v) is 5.47. The van der Waals surface area contributed by atoms with E-state index in [2.05, 4.69) is 48.4 Å². The summed E-state index contributed by atoms with van der Waals surface area (Å²) in [6.45, 7) is 8.98. The normalized spacial score (nSPS) is 12.9. The van der Waals surface area contributed by atoms with Gasteiger partial charge in [-0.3, -0.25) is 10.1 Å². The number of anilines is 2. The van der Waals surface area contributed by atoms with Crippen LogP contribution < -0.4 is 16.6 Å². The van der Waals surface area contributed by atoms with Crippen molar-refractivity contribution in [3.05, 3.63) is 16.4 Å². The van der Waals surface area contributed by atoms with Crippen molar-refractivity contribution in [2.75, 3.05) is 17.3 Å². The van der Waals surface area contributed by atoms with E-state index in [4.69, 9.17) is 5.84 Å². The molecule has 106 valence electrons. The van der Waals surface area contributed by atoms with Crippen molar-refractivity contribution >= 4 is 17.3 Å². The maximum atomic E-state index is 11.0. The first-order valence-corrected chi connectivity index (χ1v) is 5.97. The van der Waals surface area contributed by atoms with Gasteiger partial charge < -0.3 is 10.7 Å². The molecule has 19 heavy (non-hydrogen) atoms. The molecule has 1 aromatic rings. The van der Waals surface area contributed by atoms with E-state index in [0.717, 1.165) is 0 Å². The zero-order chi connectivity index (χ0) is 14.6. The molecule has 0 fully saturated rings. The second-order valence-electron chi connectivity index (χ2n) is 5.47. The third kappa shape index (κ3) is 3.75. The lowest BCUT2D eigenvalue weighted by Gasteiger charge is -2.27. The molecule has 0 aliphatic heterocycles. The predicted molar refractivity (Wildman–Crippen MR) is 73.6 cm³/mol. The van der Waals surface area contributed by atoms with Gasteiger partial charge in [0.15, 0.2) is 0 Å². The molecule has 4 N–H and O–H groups in total. The first-order valence-electron chi connectivity index (χ1n) is 5.97. The summed E-state index contributed by atoms with van der Waals surface area (Å²) in [6.07, 6.45) is 1.23. The van der Waals surface area contributed by atoms with Crippen LogP contribution in [0.4, 0.5) is 17.3 Å². The van der Waals surface area contributed by atoms with E-state index in [9.17, 15) is 10.1 Å². The molecule has 1 aromatic heterocycles. The van der Waals surface area contributed by atoms with Crippen molar-refractivity contribution in [1.29, 1.82) is 0 Å². The quantitative estimate of drug-likeness (QED) is 0.423. The van der Waals surface area contributed by atoms with E-state index in [1.165, 1.54) is 6.33 Å². The standard InChI is InChI=1S/C11H20N6O2/c1-7(11(2,3)4)5-13-9-8(17(18)19)10(16-12)15-6-14-9/h6-7H,5,12H2,1-4H3,(H2,13,14,15,16). The molecule has 8 heteroatoms. The molecule has 0 radical (unpaired) electrons. The number of nitrogens with one attached hydrogen (secondary N) is 2. The maximum absolute atomic E-state index is 11.0. The van der Waals surface area contributed by atoms with E-state index in [1.54, 1.807) is 0 Å². The number of nitrogens with two attached hydrogens (primary N) is 1. The van der Waals surface area contributed by atoms with Gasteiger partial charge in [0.05, 0.1) is 4.92 Å². The van der Waals surface area contributed by atoms with Crippen molar-refractivity contribution < 1.29 is 4.92 Å². The zero-order valence-corrected chi connectivity index (χ0v) is 11.6. The number of nitrogen functional groups attached to an aromatic ring is 1. The summed E-state index contributed by atoms with van der Waals surface area (Å²) in [6, 6.07) is 0. The Hall–Kier alpha value is -1.96. The van der Waals surface area contributed by atoms with Crippen molar-refractivity contribution in [2.24, 2.45) is 17.2 Å². The van der Waals surface area contributed by atoms with Crippen LogP contribution in [0.1, 0.15) is 27.7 Å². The van der Waals surface area contributed by atoms with Gasteiger partial charge in [-0.25, -0.2) is 15.8 Å². The first-order chi connectivity index (χ1) is 8.77. The largest absolute Gasteiger partial charge is 0.364 e. The summed E-state index contributed by atoms with van der Waals surface area (Å²) in [4.78, 5) is 18.1. The Morgan fingerprint density at radius 1 is 1.42 bits per heavy atom. The summed E-state index contributed by atoms with van der Waals surface area (Å²) in [5.74, 6) is 5.69. The summed E-state index contributed by atoms with van der Waals surface area (Å²) in [7, 11) is 0. The highest BCUT2D eigenvalue weighted by Gasteiger charge is 2.24. The minimum absolute atomic E-state index is 0.00842. The number of nitro groups is 1. The number of rotatable bonds is 5. The number of nitrogens with zero attached hydrogens (tertiary/aromatic N) is 3. The van der Waals surface area contributed by atoms with Crippen molar-refractivity contribution in [3.63, 3.8) is 0 Å². The highest BCUT2D eigenvalue weighted by Crippen LogP contribution is 2.30. The summed E-state index contributed by atoms with van der Waals surface area (Å²) in [5.41, 5.74) is 2.06. The smallest absolute Gasteiger partial charge is 0.354 e. The molecular formula is C11H20N6O2. The van der Waals surface area contributed by atoms with Gasteiger partial charge in [-0.2, -0.15) is 0 Å². The van der Waals surface area contributed by atoms with Crippen LogP contribution >= 0.6 is 0 Å². The van der Waals surface area contributed by atoms with Gasteiger partial charge in [0.25, 0.3) is 0 Å². The van der Waals surface area contributed by atoms with Crippen molar-refractivity contribution in [2.45, 2.75) is 27.7 Å². The molecule has 1 heterocycles. The average molecular weight is 268 g/mol. The Kier molecular flexibility index (Phi) is 4.60. The molecule has 0 saturated heterocycles. The van der Waals surface area contributed by atoms with Gasteiger partial charge in [-0.15, -0.1) is 0 Å². The van der Waals surface area contributed by atoms with Gasteiger partial charge in [0.2, 0.25) is 11.6 Å². The van der Waals surface area contributed by atoms with Crippen LogP contribution in [-0.4, -0.2) is 21.4 Å². The fourth-order valence-electron chi connectivity index (χ4n) is 1.34. The van der Waals surface area contributed by atoms with Gasteiger partial charge in [-0.05, 0) is 11.3 Å². The minimum Gasteiger partial charge on any atom is -0.364 e. The van der Waals surface area contributed by atoms with Gasteiger partial charge in [0.1, 0.15) is 6.33 Å². The Labute approximate surface area is 111 Å². The van der Waals surface area contributed by atoms with Crippen LogP contribution in [0.15, 0.2) is 6.33 Å². The second kappa shape index (κ2) is 5.79. The fraction of sp³-hybridized carbons (Fsp3) is 0.636. The van der Waals surface area contributed by atoms with Crippen LogP contribution in [0.5, 0.6) is 0 Å². The topological polar surface area (TPSA) is 119 Å². The molecule has 0 spiro atoms. The van der Waals surface area contributed by atoms with Crippen molar-refractivity contribution in [3.8, 4) is 0 Å². The van der Waals surface area contributed by atoms with Crippen LogP contribution in [0, 0.1) is 21.4 Å². The zero-order valence-electron chi connectivity index (χ0n) is 11.6. The lowest BCUT2D eigenvalue weighted by molar-refractivity contribution is -0.383. The van der Waals surface area contributed by atoms with Gasteiger partial charge in [0, 0.05) is 6.54 Å². The van der Waals surface area contributed by atoms with E-state index in [0.29, 0.717) is 12.5 Å². The molecule has 0 aliphatic carbocycles. The van der Waals surface area contributed by atoms with Crippen LogP contribution in [-0.2, 0) is 0 Å². The molecule has 1 atom stereocenters. The highest BCUT2D eigenvalue weighted by molar-refractivity contribution is 5.68. The number of hydrazine groups is 1. The Bertz CT molecular complexity index is 457. The lowest BCUT2D eigenvalue weighted by atomic mass is 9.82. The lowest BCUT2D eigenvalue weighted by Crippen LogP contribution is -2.25. The van der Waals surface area contributed by atoms with E-state index >= 15 is 0 Å². The number of hydrogen-bond acceptors (Lipinski definition) is 7. The van der Waals surface area contributed by atoms with Gasteiger partial charge >= 0.3 is 5.69 Å². The van der Waals surface area contributed by atoms with Crippen molar-refractivity contribution in [1.82, 2.24) is 9.97 Å². The van der Waals surface area contributed by atoms with E-state index in [1.807, 2.05) is 0 Å². The Morgan fingerprint density at radius 2 is 2.00 bits per heavy atom. The first kappa shape index (κ1) is 15.1. The number of aromatic nitrogens is 2. The van der Waals surface area contributed by atoms with E-state index in [-0.39, 0.29) is 22.7 Å². The molecule has 8 nitrogen and oxygen atoms in total. The summed E-state index contributed by atoms with van der Waals surface area (Å²) < 4.78 is 0. The molecular weight excluding hydrogens is 248 g/mol. The summed E-state index contributed by atoms with van der Waals surface area (Å²) in [5, 5.41) is 14.0. The van der Waals surface area contributed by atoms with Crippen LogP contribution in [0.2, 0.25) is 0 Å². The summed E-state index contributed by atoms with van der Waals surface area (Å²) >= 11 is 0. The molecule has 1 rings (SSSR count). The van der Waals surface area contributed by atoms with Crippen LogP contribution in [0.3, 0.4) is 0 Å². The molecule has 0 aromatic carbocycles.